The number of anilines is 1. The molecule has 0 radical (unpaired) electrons. The fourth-order valence-electron chi connectivity index (χ4n) is 2.11. The molecule has 0 spiro atoms. The maximum Gasteiger partial charge on any atom is 0.101 e. The molecule has 0 aliphatic carbocycles. The summed E-state index contributed by atoms with van der Waals surface area (Å²) in [5.74, 6) is 0. The van der Waals surface area contributed by atoms with Crippen molar-refractivity contribution < 1.29 is 0 Å². The lowest BCUT2D eigenvalue weighted by molar-refractivity contribution is 0.449. The highest BCUT2D eigenvalue weighted by Gasteiger charge is 2.18. The molecule has 16 heavy (non-hydrogen) atoms. The second-order valence-electron chi connectivity index (χ2n) is 4.12. The van der Waals surface area contributed by atoms with E-state index in [9.17, 15) is 0 Å². The third-order valence-electron chi connectivity index (χ3n) is 3.05. The van der Waals surface area contributed by atoms with Gasteiger partial charge in [-0.2, -0.15) is 5.26 Å². The summed E-state index contributed by atoms with van der Waals surface area (Å²) in [6.07, 6.45) is 5.84. The van der Waals surface area contributed by atoms with Crippen molar-refractivity contribution in [2.24, 2.45) is 0 Å². The van der Waals surface area contributed by atoms with Gasteiger partial charge in [0.25, 0.3) is 0 Å². The quantitative estimate of drug-likeness (QED) is 0.805. The first-order valence-corrected chi connectivity index (χ1v) is 5.61. The maximum atomic E-state index is 8.84. The molecule has 1 aromatic heterocycles. The van der Waals surface area contributed by atoms with E-state index in [0.717, 1.165) is 18.8 Å². The lowest BCUT2D eigenvalue weighted by Crippen LogP contribution is -2.44. The summed E-state index contributed by atoms with van der Waals surface area (Å²) < 4.78 is 0. The predicted octanol–water partition coefficient (Wildman–Crippen LogP) is 1.14. The number of hydrogen-bond acceptors (Lipinski definition) is 4. The summed E-state index contributed by atoms with van der Waals surface area (Å²) in [4.78, 5) is 6.39. The first-order chi connectivity index (χ1) is 7.83. The van der Waals surface area contributed by atoms with E-state index in [4.69, 9.17) is 5.26 Å². The van der Waals surface area contributed by atoms with E-state index in [-0.39, 0.29) is 0 Å². The molecule has 4 heteroatoms. The summed E-state index contributed by atoms with van der Waals surface area (Å²) in [5.41, 5.74) is 1.68. The number of nitriles is 1. The molecule has 1 aromatic rings. The van der Waals surface area contributed by atoms with Crippen LogP contribution in [0.2, 0.25) is 0 Å². The highest BCUT2D eigenvalue weighted by atomic mass is 15.2. The summed E-state index contributed by atoms with van der Waals surface area (Å²) in [6.45, 7) is 2.04. The number of hydrogen-bond donors (Lipinski definition) is 1. The Kier molecular flexibility index (Phi) is 3.37. The van der Waals surface area contributed by atoms with E-state index in [1.165, 1.54) is 12.8 Å². The van der Waals surface area contributed by atoms with Gasteiger partial charge in [-0.15, -0.1) is 0 Å². The van der Waals surface area contributed by atoms with Crippen LogP contribution in [0.1, 0.15) is 18.4 Å². The Morgan fingerprint density at radius 3 is 3.19 bits per heavy atom. The Labute approximate surface area is 95.9 Å². The number of piperidine rings is 1. The normalized spacial score (nSPS) is 20.5. The highest BCUT2D eigenvalue weighted by Crippen LogP contribution is 2.19. The predicted molar refractivity (Wildman–Crippen MR) is 63.2 cm³/mol. The van der Waals surface area contributed by atoms with Gasteiger partial charge in [0.1, 0.15) is 6.07 Å². The van der Waals surface area contributed by atoms with E-state index in [2.05, 4.69) is 21.3 Å². The zero-order valence-electron chi connectivity index (χ0n) is 9.48. The summed E-state index contributed by atoms with van der Waals surface area (Å²) in [7, 11) is 2.00. The molecule has 1 aliphatic rings. The molecule has 4 nitrogen and oxygen atoms in total. The molecular weight excluding hydrogens is 200 g/mol. The van der Waals surface area contributed by atoms with Crippen LogP contribution in [-0.2, 0) is 0 Å². The fourth-order valence-corrected chi connectivity index (χ4v) is 2.11. The van der Waals surface area contributed by atoms with Gasteiger partial charge in [0, 0.05) is 25.3 Å². The van der Waals surface area contributed by atoms with Crippen LogP contribution in [0.3, 0.4) is 0 Å². The van der Waals surface area contributed by atoms with E-state index in [1.54, 1.807) is 6.20 Å². The molecule has 2 heterocycles. The monoisotopic (exact) mass is 216 g/mol. The van der Waals surface area contributed by atoms with Crippen molar-refractivity contribution in [2.75, 3.05) is 25.0 Å². The van der Waals surface area contributed by atoms with Crippen LogP contribution in [0.15, 0.2) is 18.5 Å². The Morgan fingerprint density at radius 1 is 1.56 bits per heavy atom. The Hall–Kier alpha value is -1.60. The van der Waals surface area contributed by atoms with Crippen LogP contribution < -0.4 is 10.2 Å². The average Bonchev–Trinajstić information content (AvgIpc) is 2.39. The molecule has 0 aromatic carbocycles. The molecular formula is C12H16N4. The van der Waals surface area contributed by atoms with Crippen LogP contribution in [0.5, 0.6) is 0 Å². The zero-order chi connectivity index (χ0) is 11.4. The Balaban J connectivity index is 2.14. The number of aromatic nitrogens is 1. The van der Waals surface area contributed by atoms with Crippen LogP contribution >= 0.6 is 0 Å². The highest BCUT2D eigenvalue weighted by molar-refractivity contribution is 5.49. The van der Waals surface area contributed by atoms with Gasteiger partial charge < -0.3 is 10.2 Å². The topological polar surface area (TPSA) is 52.0 Å². The summed E-state index contributed by atoms with van der Waals surface area (Å²) in [6, 6.07) is 4.58. The van der Waals surface area contributed by atoms with Gasteiger partial charge in [0.05, 0.1) is 17.4 Å². The number of nitrogens with one attached hydrogen (secondary N) is 1. The van der Waals surface area contributed by atoms with E-state index < -0.39 is 0 Å². The molecule has 1 aliphatic heterocycles. The van der Waals surface area contributed by atoms with Gasteiger partial charge in [0.15, 0.2) is 0 Å². The van der Waals surface area contributed by atoms with Crippen molar-refractivity contribution in [3.8, 4) is 6.07 Å². The second kappa shape index (κ2) is 4.95. The molecule has 1 fully saturated rings. The van der Waals surface area contributed by atoms with Gasteiger partial charge in [0.2, 0.25) is 0 Å². The minimum atomic E-state index is 0.541. The molecule has 84 valence electrons. The van der Waals surface area contributed by atoms with Gasteiger partial charge in [-0.25, -0.2) is 0 Å². The van der Waals surface area contributed by atoms with Crippen LogP contribution in [0.25, 0.3) is 0 Å². The fraction of sp³-hybridized carbons (Fsp3) is 0.500. The maximum absolute atomic E-state index is 8.84. The van der Waals surface area contributed by atoms with E-state index >= 15 is 0 Å². The zero-order valence-corrected chi connectivity index (χ0v) is 9.48. The van der Waals surface area contributed by atoms with Crippen molar-refractivity contribution in [3.63, 3.8) is 0 Å². The van der Waals surface area contributed by atoms with Crippen LogP contribution in [0, 0.1) is 11.3 Å². The molecule has 1 atom stereocenters. The SMILES string of the molecule is CN[C@@H]1CCCN(c2cncc(C#N)c2)C1. The third-order valence-corrected chi connectivity index (χ3v) is 3.05. The lowest BCUT2D eigenvalue weighted by atomic mass is 10.1. The summed E-state index contributed by atoms with van der Waals surface area (Å²) >= 11 is 0. The number of rotatable bonds is 2. The van der Waals surface area contributed by atoms with Crippen LogP contribution in [0.4, 0.5) is 5.69 Å². The summed E-state index contributed by atoms with van der Waals surface area (Å²) in [5, 5.41) is 12.1. The van der Waals surface area contributed by atoms with Crippen molar-refractivity contribution >= 4 is 5.69 Å². The van der Waals surface area contributed by atoms with Crippen molar-refractivity contribution in [3.05, 3.63) is 24.0 Å². The van der Waals surface area contributed by atoms with E-state index in [0.29, 0.717) is 11.6 Å². The number of likely N-dealkylation sites (N-methyl/N-ethyl adjacent to an activating group) is 1. The van der Waals surface area contributed by atoms with Gasteiger partial charge >= 0.3 is 0 Å². The molecule has 1 N–H and O–H groups in total. The molecule has 0 amide bonds. The minimum Gasteiger partial charge on any atom is -0.369 e. The Morgan fingerprint density at radius 2 is 2.44 bits per heavy atom. The first-order valence-electron chi connectivity index (χ1n) is 5.61. The average molecular weight is 216 g/mol. The Bertz CT molecular complexity index is 396. The van der Waals surface area contributed by atoms with Gasteiger partial charge in [-0.05, 0) is 26.0 Å². The minimum absolute atomic E-state index is 0.541. The molecule has 0 saturated carbocycles. The van der Waals surface area contributed by atoms with Gasteiger partial charge in [-0.3, -0.25) is 4.98 Å². The number of pyridine rings is 1. The molecule has 2 rings (SSSR count). The molecule has 0 bridgehead atoms. The van der Waals surface area contributed by atoms with Crippen LogP contribution in [-0.4, -0.2) is 31.2 Å². The van der Waals surface area contributed by atoms with Crippen molar-refractivity contribution in [2.45, 2.75) is 18.9 Å². The molecule has 0 unspecified atom stereocenters. The van der Waals surface area contributed by atoms with Gasteiger partial charge in [-0.1, -0.05) is 0 Å². The lowest BCUT2D eigenvalue weighted by Gasteiger charge is -2.34. The van der Waals surface area contributed by atoms with E-state index in [1.807, 2.05) is 19.3 Å². The standard InChI is InChI=1S/C12H16N4/c1-14-11-3-2-4-16(9-11)12-5-10(6-13)7-15-8-12/h5,7-8,11,14H,2-4,9H2,1H3/t11-/m1/s1. The second-order valence-corrected chi connectivity index (χ2v) is 4.12. The smallest absolute Gasteiger partial charge is 0.101 e. The third kappa shape index (κ3) is 2.31. The number of nitrogens with zero attached hydrogens (tertiary/aromatic N) is 3. The largest absolute Gasteiger partial charge is 0.369 e. The molecule has 1 saturated heterocycles. The van der Waals surface area contributed by atoms with Crippen molar-refractivity contribution in [1.82, 2.24) is 10.3 Å². The van der Waals surface area contributed by atoms with Crippen molar-refractivity contribution in [1.29, 1.82) is 5.26 Å². The first kappa shape index (κ1) is 10.9.